The first-order chi connectivity index (χ1) is 11.4. The Morgan fingerprint density at radius 3 is 2.83 bits per heavy atom. The van der Waals surface area contributed by atoms with Crippen LogP contribution in [-0.4, -0.2) is 29.7 Å². The lowest BCUT2D eigenvalue weighted by molar-refractivity contribution is -0.183. The molecule has 0 aromatic carbocycles. The third-order valence-corrected chi connectivity index (χ3v) is 4.33. The first kappa shape index (κ1) is 18.5. The summed E-state index contributed by atoms with van der Waals surface area (Å²) in [5, 5.41) is 6.26. The molecule has 1 fully saturated rings. The number of guanidine groups is 1. The van der Waals surface area contributed by atoms with E-state index in [1.165, 1.54) is 0 Å². The smallest absolute Gasteiger partial charge is 0.357 e. The van der Waals surface area contributed by atoms with Crippen molar-refractivity contribution >= 4 is 5.96 Å². The lowest BCUT2D eigenvalue weighted by Gasteiger charge is -2.31. The lowest BCUT2D eigenvalue weighted by Crippen LogP contribution is -2.46. The van der Waals surface area contributed by atoms with Gasteiger partial charge >= 0.3 is 6.18 Å². The van der Waals surface area contributed by atoms with Crippen molar-refractivity contribution in [2.45, 2.75) is 58.3 Å². The number of aryl methyl sites for hydroxylation is 1. The molecule has 4 nitrogen and oxygen atoms in total. The fourth-order valence-corrected chi connectivity index (χ4v) is 2.97. The second-order valence-electron chi connectivity index (χ2n) is 6.21. The molecular formula is C17H25F3N4. The molecule has 1 saturated carbocycles. The highest BCUT2D eigenvalue weighted by atomic mass is 19.4. The molecule has 0 spiro atoms. The summed E-state index contributed by atoms with van der Waals surface area (Å²) in [7, 11) is 0. The summed E-state index contributed by atoms with van der Waals surface area (Å²) in [6.07, 6.45) is -0.743. The van der Waals surface area contributed by atoms with Crippen molar-refractivity contribution in [1.82, 2.24) is 15.6 Å². The highest BCUT2D eigenvalue weighted by Gasteiger charge is 2.42. The zero-order chi connectivity index (χ0) is 17.6. The first-order valence-corrected chi connectivity index (χ1v) is 8.42. The number of hydrogen-bond donors (Lipinski definition) is 2. The Morgan fingerprint density at radius 2 is 2.17 bits per heavy atom. The molecule has 134 valence electrons. The predicted molar refractivity (Wildman–Crippen MR) is 88.7 cm³/mol. The highest BCUT2D eigenvalue weighted by Crippen LogP contribution is 2.37. The van der Waals surface area contributed by atoms with E-state index in [4.69, 9.17) is 0 Å². The van der Waals surface area contributed by atoms with Gasteiger partial charge in [0.15, 0.2) is 5.96 Å². The number of aliphatic imine (C=N–C) groups is 1. The van der Waals surface area contributed by atoms with Crippen molar-refractivity contribution in [2.24, 2.45) is 10.9 Å². The molecule has 1 aromatic heterocycles. The first-order valence-electron chi connectivity index (χ1n) is 8.42. The molecule has 2 N–H and O–H groups in total. The van der Waals surface area contributed by atoms with Crippen molar-refractivity contribution < 1.29 is 13.2 Å². The van der Waals surface area contributed by atoms with E-state index in [2.05, 4.69) is 20.6 Å². The quantitative estimate of drug-likeness (QED) is 0.650. The zero-order valence-electron chi connectivity index (χ0n) is 14.2. The van der Waals surface area contributed by atoms with E-state index in [-0.39, 0.29) is 18.9 Å². The summed E-state index contributed by atoms with van der Waals surface area (Å²) < 4.78 is 38.8. The topological polar surface area (TPSA) is 49.3 Å². The van der Waals surface area contributed by atoms with Crippen LogP contribution in [0.25, 0.3) is 0 Å². The van der Waals surface area contributed by atoms with E-state index < -0.39 is 12.1 Å². The van der Waals surface area contributed by atoms with Crippen molar-refractivity contribution in [1.29, 1.82) is 0 Å². The average molecular weight is 342 g/mol. The van der Waals surface area contributed by atoms with Crippen LogP contribution in [0.3, 0.4) is 0 Å². The van der Waals surface area contributed by atoms with Gasteiger partial charge in [-0.1, -0.05) is 12.5 Å². The maximum absolute atomic E-state index is 12.9. The Kier molecular flexibility index (Phi) is 6.45. The summed E-state index contributed by atoms with van der Waals surface area (Å²) >= 11 is 0. The van der Waals surface area contributed by atoms with E-state index in [9.17, 15) is 13.2 Å². The minimum atomic E-state index is -4.11. The zero-order valence-corrected chi connectivity index (χ0v) is 14.2. The maximum atomic E-state index is 12.9. The average Bonchev–Trinajstić information content (AvgIpc) is 2.53. The summed E-state index contributed by atoms with van der Waals surface area (Å²) in [6.45, 7) is 4.95. The summed E-state index contributed by atoms with van der Waals surface area (Å²) in [5.74, 6) is -0.667. The van der Waals surface area contributed by atoms with Crippen molar-refractivity contribution in [3.8, 4) is 0 Å². The SMILES string of the molecule is CCNC(=NCc1ncccc1C)NC1CCCC(C(F)(F)F)C1. The Morgan fingerprint density at radius 1 is 1.38 bits per heavy atom. The summed E-state index contributed by atoms with van der Waals surface area (Å²) in [6, 6.07) is 3.63. The molecule has 0 bridgehead atoms. The molecule has 2 rings (SSSR count). The van der Waals surface area contributed by atoms with Crippen LogP contribution >= 0.6 is 0 Å². The highest BCUT2D eigenvalue weighted by molar-refractivity contribution is 5.80. The Labute approximate surface area is 141 Å². The van der Waals surface area contributed by atoms with E-state index in [1.807, 2.05) is 26.0 Å². The molecule has 1 aliphatic rings. The molecule has 1 heterocycles. The number of hydrogen-bond acceptors (Lipinski definition) is 2. The number of nitrogens with one attached hydrogen (secondary N) is 2. The number of nitrogens with zero attached hydrogens (tertiary/aromatic N) is 2. The standard InChI is InChI=1S/C17H25F3N4/c1-3-21-16(23-11-15-12(2)6-5-9-22-15)24-14-8-4-7-13(10-14)17(18,19)20/h5-6,9,13-14H,3-4,7-8,10-11H2,1-2H3,(H2,21,23,24). The van der Waals surface area contributed by atoms with Gasteiger partial charge in [0.2, 0.25) is 0 Å². The van der Waals surface area contributed by atoms with Crippen LogP contribution in [0.2, 0.25) is 0 Å². The van der Waals surface area contributed by atoms with E-state index >= 15 is 0 Å². The van der Waals surface area contributed by atoms with Gasteiger partial charge in [0.25, 0.3) is 0 Å². The second kappa shape index (κ2) is 8.35. The summed E-state index contributed by atoms with van der Waals surface area (Å²) in [5.41, 5.74) is 1.92. The molecule has 0 radical (unpaired) electrons. The van der Waals surface area contributed by atoms with Gasteiger partial charge in [-0.2, -0.15) is 13.2 Å². The van der Waals surface area contributed by atoms with Gasteiger partial charge in [-0.05, 0) is 44.7 Å². The van der Waals surface area contributed by atoms with Gasteiger partial charge in [-0.3, -0.25) is 4.98 Å². The summed E-state index contributed by atoms with van der Waals surface area (Å²) in [4.78, 5) is 8.77. The van der Waals surface area contributed by atoms with Gasteiger partial charge in [0.05, 0.1) is 18.2 Å². The van der Waals surface area contributed by atoms with Gasteiger partial charge < -0.3 is 10.6 Å². The molecule has 7 heteroatoms. The van der Waals surface area contributed by atoms with Crippen LogP contribution in [0.5, 0.6) is 0 Å². The van der Waals surface area contributed by atoms with Crippen molar-refractivity contribution in [2.75, 3.05) is 6.54 Å². The molecule has 0 aliphatic heterocycles. The van der Waals surface area contributed by atoms with Crippen LogP contribution in [0, 0.1) is 12.8 Å². The van der Waals surface area contributed by atoms with Crippen LogP contribution in [0.4, 0.5) is 13.2 Å². The molecule has 24 heavy (non-hydrogen) atoms. The van der Waals surface area contributed by atoms with E-state index in [1.54, 1.807) is 6.20 Å². The monoisotopic (exact) mass is 342 g/mol. The largest absolute Gasteiger partial charge is 0.391 e. The Balaban J connectivity index is 2.00. The normalized spacial score (nSPS) is 22.3. The molecule has 0 amide bonds. The van der Waals surface area contributed by atoms with Gasteiger partial charge in [0, 0.05) is 18.8 Å². The lowest BCUT2D eigenvalue weighted by atomic mass is 9.85. The van der Waals surface area contributed by atoms with Crippen LogP contribution in [-0.2, 0) is 6.54 Å². The fraction of sp³-hybridized carbons (Fsp3) is 0.647. The number of aromatic nitrogens is 1. The van der Waals surface area contributed by atoms with Crippen molar-refractivity contribution in [3.63, 3.8) is 0 Å². The van der Waals surface area contributed by atoms with E-state index in [0.717, 1.165) is 17.7 Å². The fourth-order valence-electron chi connectivity index (χ4n) is 2.97. The molecule has 1 aliphatic carbocycles. The van der Waals surface area contributed by atoms with Gasteiger partial charge in [0.1, 0.15) is 0 Å². The number of halogens is 3. The molecular weight excluding hydrogens is 317 g/mol. The van der Waals surface area contributed by atoms with Gasteiger partial charge in [-0.15, -0.1) is 0 Å². The molecule has 1 aromatic rings. The second-order valence-corrected chi connectivity index (χ2v) is 6.21. The predicted octanol–water partition coefficient (Wildman–Crippen LogP) is 3.57. The minimum Gasteiger partial charge on any atom is -0.357 e. The van der Waals surface area contributed by atoms with Crippen LogP contribution in [0.1, 0.15) is 43.9 Å². The Hall–Kier alpha value is -1.79. The van der Waals surface area contributed by atoms with Crippen LogP contribution in [0.15, 0.2) is 23.3 Å². The molecule has 2 atom stereocenters. The van der Waals surface area contributed by atoms with E-state index in [0.29, 0.717) is 25.5 Å². The van der Waals surface area contributed by atoms with Crippen molar-refractivity contribution in [3.05, 3.63) is 29.6 Å². The number of rotatable bonds is 4. The van der Waals surface area contributed by atoms with Gasteiger partial charge in [-0.25, -0.2) is 4.99 Å². The number of alkyl halides is 3. The maximum Gasteiger partial charge on any atom is 0.391 e. The number of pyridine rings is 1. The van der Waals surface area contributed by atoms with Crippen LogP contribution < -0.4 is 10.6 Å². The molecule has 0 saturated heterocycles. The minimum absolute atomic E-state index is 0.108. The third kappa shape index (κ3) is 5.39. The Bertz CT molecular complexity index is 557. The third-order valence-electron chi connectivity index (χ3n) is 4.33. The molecule has 2 unspecified atom stereocenters.